The molecule has 0 bridgehead atoms. The van der Waals surface area contributed by atoms with Crippen LogP contribution >= 0.6 is 0 Å². The van der Waals surface area contributed by atoms with Gasteiger partial charge in [-0.25, -0.2) is 8.42 Å². The highest BCUT2D eigenvalue weighted by Gasteiger charge is 2.43. The van der Waals surface area contributed by atoms with E-state index < -0.39 is 15.4 Å². The van der Waals surface area contributed by atoms with E-state index in [0.29, 0.717) is 11.6 Å². The molecule has 0 unspecified atom stereocenters. The number of carbonyl (C=O) groups is 1. The summed E-state index contributed by atoms with van der Waals surface area (Å²) in [6.07, 6.45) is 8.40. The first-order chi connectivity index (χ1) is 12.3. The summed E-state index contributed by atoms with van der Waals surface area (Å²) in [6, 6.07) is 7.42. The highest BCUT2D eigenvalue weighted by Crippen LogP contribution is 2.42. The van der Waals surface area contributed by atoms with Crippen LogP contribution in [0.25, 0.3) is 0 Å². The minimum Gasteiger partial charge on any atom is -0.342 e. The van der Waals surface area contributed by atoms with Crippen LogP contribution in [0.1, 0.15) is 57.4 Å². The van der Waals surface area contributed by atoms with Crippen molar-refractivity contribution in [1.29, 1.82) is 0 Å². The number of likely N-dealkylation sites (tertiary alicyclic amines) is 1. The normalized spacial score (nSPS) is 21.4. The highest BCUT2D eigenvalue weighted by atomic mass is 32.2. The average molecular weight is 379 g/mol. The Morgan fingerprint density at radius 1 is 1.08 bits per heavy atom. The van der Waals surface area contributed by atoms with Crippen LogP contribution in [0, 0.1) is 5.92 Å². The molecule has 0 spiro atoms. The minimum atomic E-state index is -3.29. The fraction of sp³-hybridized carbons (Fsp3) is 0.650. The Kier molecular flexibility index (Phi) is 5.61. The van der Waals surface area contributed by atoms with E-state index in [0.717, 1.165) is 63.4 Å². The van der Waals surface area contributed by atoms with Gasteiger partial charge in [0.05, 0.1) is 11.7 Å². The molecular weight excluding hydrogens is 348 g/mol. The van der Waals surface area contributed by atoms with Gasteiger partial charge in [-0.05, 0) is 49.3 Å². The smallest absolute Gasteiger partial charge is 0.233 e. The molecule has 5 nitrogen and oxygen atoms in total. The Bertz CT molecular complexity index is 729. The maximum absolute atomic E-state index is 13.5. The lowest BCUT2D eigenvalue weighted by Gasteiger charge is -2.42. The van der Waals surface area contributed by atoms with Crippen LogP contribution < -0.4 is 4.72 Å². The molecule has 2 fully saturated rings. The third kappa shape index (κ3) is 4.22. The summed E-state index contributed by atoms with van der Waals surface area (Å²) in [4.78, 5) is 15.6. The molecule has 144 valence electrons. The third-order valence-electron chi connectivity index (χ3n) is 5.93. The minimum absolute atomic E-state index is 0.271. The van der Waals surface area contributed by atoms with Gasteiger partial charge >= 0.3 is 0 Å². The summed E-state index contributed by atoms with van der Waals surface area (Å²) >= 11 is 0. The maximum Gasteiger partial charge on any atom is 0.233 e. The number of carbonyl (C=O) groups excluding carboxylic acids is 1. The summed E-state index contributed by atoms with van der Waals surface area (Å²) in [5, 5.41) is 0. The van der Waals surface area contributed by atoms with E-state index in [1.807, 2.05) is 12.1 Å². The van der Waals surface area contributed by atoms with Crippen LogP contribution in [-0.2, 0) is 20.2 Å². The molecule has 3 rings (SSSR count). The number of piperidine rings is 1. The number of benzene rings is 1. The predicted octanol–water partition coefficient (Wildman–Crippen LogP) is 3.52. The molecule has 26 heavy (non-hydrogen) atoms. The molecule has 1 saturated carbocycles. The molecular formula is C20H30N2O3S. The second kappa shape index (κ2) is 7.59. The van der Waals surface area contributed by atoms with Gasteiger partial charge in [0.1, 0.15) is 0 Å². The van der Waals surface area contributed by atoms with Crippen molar-refractivity contribution < 1.29 is 13.2 Å². The number of hydrogen-bond acceptors (Lipinski definition) is 3. The van der Waals surface area contributed by atoms with E-state index in [-0.39, 0.29) is 5.91 Å². The molecule has 2 aliphatic rings. The van der Waals surface area contributed by atoms with E-state index in [9.17, 15) is 13.2 Å². The van der Waals surface area contributed by atoms with Crippen molar-refractivity contribution in [3.63, 3.8) is 0 Å². The van der Waals surface area contributed by atoms with E-state index >= 15 is 0 Å². The maximum atomic E-state index is 13.5. The fourth-order valence-corrected chi connectivity index (χ4v) is 4.93. The topological polar surface area (TPSA) is 66.5 Å². The number of rotatable bonds is 4. The zero-order chi connectivity index (χ0) is 18.8. The molecule has 1 N–H and O–H groups in total. The summed E-state index contributed by atoms with van der Waals surface area (Å²) in [6.45, 7) is 3.97. The second-order valence-electron chi connectivity index (χ2n) is 8.07. The number of nitrogens with zero attached hydrogens (tertiary/aromatic N) is 1. The van der Waals surface area contributed by atoms with Crippen molar-refractivity contribution in [2.45, 2.75) is 57.3 Å². The number of hydrogen-bond donors (Lipinski definition) is 1. The zero-order valence-electron chi connectivity index (χ0n) is 15.8. The fourth-order valence-electron chi connectivity index (χ4n) is 4.37. The van der Waals surface area contributed by atoms with Crippen LogP contribution in [0.4, 0.5) is 5.69 Å². The quantitative estimate of drug-likeness (QED) is 0.872. The second-order valence-corrected chi connectivity index (χ2v) is 9.82. The Labute approximate surface area is 157 Å². The number of amides is 1. The molecule has 1 heterocycles. The van der Waals surface area contributed by atoms with Crippen LogP contribution in [0.3, 0.4) is 0 Å². The van der Waals surface area contributed by atoms with Crippen molar-refractivity contribution in [1.82, 2.24) is 4.90 Å². The third-order valence-corrected chi connectivity index (χ3v) is 6.53. The summed E-state index contributed by atoms with van der Waals surface area (Å²) in [5.74, 6) is 0.968. The van der Waals surface area contributed by atoms with E-state index in [2.05, 4.69) is 16.5 Å². The molecule has 1 aromatic carbocycles. The molecule has 6 heteroatoms. The highest BCUT2D eigenvalue weighted by molar-refractivity contribution is 7.92. The standard InChI is InChI=1S/C20H30N2O3S/c1-16-10-14-22(15-11-16)19(23)20(12-4-3-5-13-20)17-6-8-18(9-7-17)21-26(2,24)25/h6-9,16,21H,3-5,10-15H2,1-2H3. The SMILES string of the molecule is CC1CCN(C(=O)C2(c3ccc(NS(C)(=O)=O)cc3)CCCCC2)CC1. The molecule has 1 aliphatic heterocycles. The Morgan fingerprint density at radius 3 is 2.19 bits per heavy atom. The largest absolute Gasteiger partial charge is 0.342 e. The molecule has 1 aliphatic carbocycles. The molecule has 0 radical (unpaired) electrons. The molecule has 0 aromatic heterocycles. The van der Waals surface area contributed by atoms with Gasteiger partial charge in [-0.1, -0.05) is 38.3 Å². The van der Waals surface area contributed by atoms with Crippen LogP contribution in [0.2, 0.25) is 0 Å². The van der Waals surface area contributed by atoms with Crippen LogP contribution in [0.5, 0.6) is 0 Å². The van der Waals surface area contributed by atoms with E-state index in [1.54, 1.807) is 12.1 Å². The van der Waals surface area contributed by atoms with Crippen molar-refractivity contribution in [2.75, 3.05) is 24.1 Å². The van der Waals surface area contributed by atoms with Gasteiger partial charge in [0.2, 0.25) is 15.9 Å². The summed E-state index contributed by atoms with van der Waals surface area (Å²) in [5.41, 5.74) is 1.13. The van der Waals surface area contributed by atoms with Crippen molar-refractivity contribution in [2.24, 2.45) is 5.92 Å². The number of nitrogens with one attached hydrogen (secondary N) is 1. The van der Waals surface area contributed by atoms with Crippen molar-refractivity contribution >= 4 is 21.6 Å². The first-order valence-electron chi connectivity index (χ1n) is 9.68. The Hall–Kier alpha value is -1.56. The number of anilines is 1. The lowest BCUT2D eigenvalue weighted by molar-refractivity contribution is -0.140. The van der Waals surface area contributed by atoms with Crippen LogP contribution in [-0.4, -0.2) is 38.6 Å². The van der Waals surface area contributed by atoms with Gasteiger partial charge in [0.25, 0.3) is 0 Å². The Balaban J connectivity index is 1.86. The summed E-state index contributed by atoms with van der Waals surface area (Å²) < 4.78 is 25.3. The van der Waals surface area contributed by atoms with Crippen molar-refractivity contribution in [3.8, 4) is 0 Å². The van der Waals surface area contributed by atoms with E-state index in [1.165, 1.54) is 6.42 Å². The molecule has 1 amide bonds. The van der Waals surface area contributed by atoms with Crippen molar-refractivity contribution in [3.05, 3.63) is 29.8 Å². The van der Waals surface area contributed by atoms with Gasteiger partial charge in [0, 0.05) is 18.8 Å². The lowest BCUT2D eigenvalue weighted by atomic mass is 9.68. The molecule has 1 aromatic rings. The first kappa shape index (κ1) is 19.2. The Morgan fingerprint density at radius 2 is 1.65 bits per heavy atom. The van der Waals surface area contributed by atoms with Crippen LogP contribution in [0.15, 0.2) is 24.3 Å². The summed E-state index contributed by atoms with van der Waals surface area (Å²) in [7, 11) is -3.29. The van der Waals surface area contributed by atoms with Gasteiger partial charge < -0.3 is 4.90 Å². The monoisotopic (exact) mass is 378 g/mol. The van der Waals surface area contributed by atoms with Gasteiger partial charge in [-0.15, -0.1) is 0 Å². The van der Waals surface area contributed by atoms with E-state index in [4.69, 9.17) is 0 Å². The first-order valence-corrected chi connectivity index (χ1v) is 11.6. The van der Waals surface area contributed by atoms with Gasteiger partial charge in [-0.3, -0.25) is 9.52 Å². The predicted molar refractivity (Wildman–Crippen MR) is 105 cm³/mol. The lowest BCUT2D eigenvalue weighted by Crippen LogP contribution is -2.50. The molecule has 0 atom stereocenters. The average Bonchev–Trinajstić information content (AvgIpc) is 2.61. The number of sulfonamides is 1. The zero-order valence-corrected chi connectivity index (χ0v) is 16.6. The van der Waals surface area contributed by atoms with Gasteiger partial charge in [-0.2, -0.15) is 0 Å². The molecule has 1 saturated heterocycles. The van der Waals surface area contributed by atoms with Gasteiger partial charge in [0.15, 0.2) is 0 Å².